The Hall–Kier alpha value is -4.33. The van der Waals surface area contributed by atoms with Crippen molar-refractivity contribution in [3.05, 3.63) is 94.2 Å². The second kappa shape index (κ2) is 7.96. The molecule has 0 aliphatic rings. The molecule has 0 saturated carbocycles. The number of carbonyl (C=O) groups excluding carboxylic acids is 1. The summed E-state index contributed by atoms with van der Waals surface area (Å²) in [6.45, 7) is 1.66. The summed E-state index contributed by atoms with van der Waals surface area (Å²) in [6, 6.07) is 21.7. The van der Waals surface area contributed by atoms with Crippen LogP contribution in [0.25, 0.3) is 22.0 Å². The fraction of sp³-hybridized carbons (Fsp3) is 0.0455. The number of H-pyrrole nitrogens is 1. The number of benzene rings is 3. The number of aromatic amines is 1. The highest BCUT2D eigenvalue weighted by atomic mass is 16.6. The lowest BCUT2D eigenvalue weighted by atomic mass is 10.1. The largest absolute Gasteiger partial charge is 0.289 e. The Labute approximate surface area is 171 Å². The number of non-ortho nitro benzene ring substituents is 1. The molecule has 0 aliphatic heterocycles. The van der Waals surface area contributed by atoms with E-state index in [0.29, 0.717) is 17.0 Å². The number of hydrazone groups is 1. The van der Waals surface area contributed by atoms with Gasteiger partial charge in [0.05, 0.1) is 16.3 Å². The van der Waals surface area contributed by atoms with E-state index in [9.17, 15) is 14.9 Å². The Kier molecular flexibility index (Phi) is 5.04. The fourth-order valence-corrected chi connectivity index (χ4v) is 3.04. The average Bonchev–Trinajstić information content (AvgIpc) is 3.27. The van der Waals surface area contributed by atoms with E-state index in [1.54, 1.807) is 25.1 Å². The van der Waals surface area contributed by atoms with Gasteiger partial charge in [-0.3, -0.25) is 20.0 Å². The van der Waals surface area contributed by atoms with Crippen LogP contribution in [0.15, 0.2) is 77.9 Å². The van der Waals surface area contributed by atoms with Gasteiger partial charge in [0.15, 0.2) is 0 Å². The number of nitro groups is 1. The van der Waals surface area contributed by atoms with Gasteiger partial charge in [0, 0.05) is 23.3 Å². The molecular formula is C22H17N5O3. The molecule has 0 aliphatic carbocycles. The quantitative estimate of drug-likeness (QED) is 0.296. The minimum absolute atomic E-state index is 0.0398. The fourth-order valence-electron chi connectivity index (χ4n) is 3.04. The van der Waals surface area contributed by atoms with E-state index >= 15 is 0 Å². The van der Waals surface area contributed by atoms with Crippen molar-refractivity contribution < 1.29 is 9.72 Å². The molecule has 1 amide bonds. The highest BCUT2D eigenvalue weighted by Crippen LogP contribution is 2.23. The second-order valence-corrected chi connectivity index (χ2v) is 6.67. The molecule has 148 valence electrons. The van der Waals surface area contributed by atoms with Gasteiger partial charge in [-0.1, -0.05) is 48.5 Å². The standard InChI is InChI=1S/C22H17N5O3/c1-14(16-7-4-8-19(12-16)27(29)30)23-26-22(28)21-13-20(24-25-21)18-10-9-15-5-2-3-6-17(15)11-18/h2-13H,1H3,(H,24,25)(H,26,28)/b23-14+. The van der Waals surface area contributed by atoms with Crippen molar-refractivity contribution in [1.82, 2.24) is 15.6 Å². The summed E-state index contributed by atoms with van der Waals surface area (Å²) in [5.41, 5.74) is 5.19. The lowest BCUT2D eigenvalue weighted by Gasteiger charge is -2.02. The minimum atomic E-state index is -0.478. The molecule has 2 N–H and O–H groups in total. The minimum Gasteiger partial charge on any atom is -0.272 e. The third kappa shape index (κ3) is 3.93. The van der Waals surface area contributed by atoms with Crippen LogP contribution < -0.4 is 5.43 Å². The van der Waals surface area contributed by atoms with E-state index in [2.05, 4.69) is 20.7 Å². The molecule has 8 nitrogen and oxygen atoms in total. The van der Waals surface area contributed by atoms with Crippen molar-refractivity contribution in [2.45, 2.75) is 6.92 Å². The van der Waals surface area contributed by atoms with Gasteiger partial charge in [0.2, 0.25) is 0 Å². The molecule has 0 fully saturated rings. The topological polar surface area (TPSA) is 113 Å². The van der Waals surface area contributed by atoms with Crippen LogP contribution in [-0.2, 0) is 0 Å². The number of hydrogen-bond donors (Lipinski definition) is 2. The Morgan fingerprint density at radius 1 is 1.03 bits per heavy atom. The highest BCUT2D eigenvalue weighted by Gasteiger charge is 2.12. The molecule has 8 heteroatoms. The van der Waals surface area contributed by atoms with Crippen molar-refractivity contribution in [3.63, 3.8) is 0 Å². The molecular weight excluding hydrogens is 382 g/mol. The van der Waals surface area contributed by atoms with Gasteiger partial charge in [-0.15, -0.1) is 0 Å². The number of carbonyl (C=O) groups is 1. The molecule has 4 rings (SSSR count). The molecule has 3 aromatic carbocycles. The van der Waals surface area contributed by atoms with Gasteiger partial charge >= 0.3 is 0 Å². The lowest BCUT2D eigenvalue weighted by molar-refractivity contribution is -0.384. The number of rotatable bonds is 5. The summed E-state index contributed by atoms with van der Waals surface area (Å²) < 4.78 is 0. The SMILES string of the molecule is C/C(=N\NC(=O)c1cc(-c2ccc3ccccc3c2)n[nH]1)c1cccc([N+](=O)[O-])c1. The number of hydrogen-bond acceptors (Lipinski definition) is 5. The first-order chi connectivity index (χ1) is 14.5. The maximum atomic E-state index is 12.4. The predicted octanol–water partition coefficient (Wildman–Crippen LogP) is 4.29. The van der Waals surface area contributed by atoms with E-state index in [-0.39, 0.29) is 11.4 Å². The van der Waals surface area contributed by atoms with E-state index in [1.807, 2.05) is 42.5 Å². The highest BCUT2D eigenvalue weighted by molar-refractivity contribution is 6.01. The summed E-state index contributed by atoms with van der Waals surface area (Å²) >= 11 is 0. The predicted molar refractivity (Wildman–Crippen MR) is 114 cm³/mol. The smallest absolute Gasteiger partial charge is 0.272 e. The van der Waals surface area contributed by atoms with Crippen LogP contribution in [0.3, 0.4) is 0 Å². The van der Waals surface area contributed by atoms with Crippen LogP contribution in [0.5, 0.6) is 0 Å². The number of aromatic nitrogens is 2. The summed E-state index contributed by atoms with van der Waals surface area (Å²) in [7, 11) is 0. The summed E-state index contributed by atoms with van der Waals surface area (Å²) in [5, 5.41) is 24.1. The third-order valence-electron chi connectivity index (χ3n) is 4.67. The van der Waals surface area contributed by atoms with Crippen LogP contribution in [0.1, 0.15) is 23.0 Å². The maximum Gasteiger partial charge on any atom is 0.289 e. The van der Waals surface area contributed by atoms with E-state index < -0.39 is 10.8 Å². The molecule has 1 aromatic heterocycles. The normalized spacial score (nSPS) is 11.4. The molecule has 0 saturated heterocycles. The average molecular weight is 399 g/mol. The molecule has 1 heterocycles. The Morgan fingerprint density at radius 3 is 2.63 bits per heavy atom. The van der Waals surface area contributed by atoms with Crippen molar-refractivity contribution in [3.8, 4) is 11.3 Å². The van der Waals surface area contributed by atoms with Crippen LogP contribution in [-0.4, -0.2) is 26.7 Å². The Balaban J connectivity index is 1.50. The van der Waals surface area contributed by atoms with Crippen molar-refractivity contribution >= 4 is 28.1 Å². The zero-order valence-electron chi connectivity index (χ0n) is 16.0. The number of nitrogens with one attached hydrogen (secondary N) is 2. The molecule has 0 radical (unpaired) electrons. The molecule has 0 unspecified atom stereocenters. The molecule has 0 spiro atoms. The summed E-state index contributed by atoms with van der Waals surface area (Å²) in [5.74, 6) is -0.459. The van der Waals surface area contributed by atoms with Crippen LogP contribution in [0.4, 0.5) is 5.69 Å². The summed E-state index contributed by atoms with van der Waals surface area (Å²) in [4.78, 5) is 22.8. The van der Waals surface area contributed by atoms with Gasteiger partial charge in [-0.25, -0.2) is 5.43 Å². The van der Waals surface area contributed by atoms with E-state index in [0.717, 1.165) is 16.3 Å². The van der Waals surface area contributed by atoms with Gasteiger partial charge in [0.1, 0.15) is 5.69 Å². The van der Waals surface area contributed by atoms with E-state index in [4.69, 9.17) is 0 Å². The molecule has 0 atom stereocenters. The number of fused-ring (bicyclic) bond motifs is 1. The lowest BCUT2D eigenvalue weighted by Crippen LogP contribution is -2.19. The van der Waals surface area contributed by atoms with Crippen molar-refractivity contribution in [1.29, 1.82) is 0 Å². The van der Waals surface area contributed by atoms with Crippen LogP contribution in [0.2, 0.25) is 0 Å². The van der Waals surface area contributed by atoms with Gasteiger partial charge in [-0.05, 0) is 29.8 Å². The van der Waals surface area contributed by atoms with Gasteiger partial charge in [0.25, 0.3) is 11.6 Å². The monoisotopic (exact) mass is 399 g/mol. The number of amides is 1. The first-order valence-corrected chi connectivity index (χ1v) is 9.15. The van der Waals surface area contributed by atoms with Crippen LogP contribution in [0, 0.1) is 10.1 Å². The zero-order chi connectivity index (χ0) is 21.1. The number of nitro benzene ring substituents is 1. The first-order valence-electron chi connectivity index (χ1n) is 9.15. The Morgan fingerprint density at radius 2 is 1.83 bits per heavy atom. The second-order valence-electron chi connectivity index (χ2n) is 6.67. The molecule has 30 heavy (non-hydrogen) atoms. The molecule has 0 bridgehead atoms. The Bertz CT molecular complexity index is 1290. The summed E-state index contributed by atoms with van der Waals surface area (Å²) in [6.07, 6.45) is 0. The number of nitrogens with zero attached hydrogens (tertiary/aromatic N) is 3. The maximum absolute atomic E-state index is 12.4. The third-order valence-corrected chi connectivity index (χ3v) is 4.67. The van der Waals surface area contributed by atoms with Crippen molar-refractivity contribution in [2.75, 3.05) is 0 Å². The van der Waals surface area contributed by atoms with Crippen molar-refractivity contribution in [2.24, 2.45) is 5.10 Å². The van der Waals surface area contributed by atoms with E-state index in [1.165, 1.54) is 12.1 Å². The van der Waals surface area contributed by atoms with Gasteiger partial charge < -0.3 is 0 Å². The van der Waals surface area contributed by atoms with Gasteiger partial charge in [-0.2, -0.15) is 10.2 Å². The first kappa shape index (κ1) is 19.0. The zero-order valence-corrected chi connectivity index (χ0v) is 16.0. The molecule has 4 aromatic rings. The van der Waals surface area contributed by atoms with Crippen LogP contribution >= 0.6 is 0 Å².